The average molecular weight is 823 g/mol. The highest BCUT2D eigenvalue weighted by Crippen LogP contribution is 2.11. The summed E-state index contributed by atoms with van der Waals surface area (Å²) in [6.07, 6.45) is -0.0958. The molecule has 0 bridgehead atoms. The van der Waals surface area contributed by atoms with Gasteiger partial charge in [-0.05, 0) is 30.3 Å². The van der Waals surface area contributed by atoms with E-state index in [0.29, 0.717) is 6.42 Å². The van der Waals surface area contributed by atoms with Crippen LogP contribution in [0.3, 0.4) is 0 Å². The van der Waals surface area contributed by atoms with Gasteiger partial charge in [-0.2, -0.15) is 11.8 Å². The number of nitrogens with two attached hydrogens (primary N) is 1. The van der Waals surface area contributed by atoms with Crippen LogP contribution in [0, 0.1) is 11.8 Å². The predicted molar refractivity (Wildman–Crippen MR) is 196 cm³/mol. The van der Waals surface area contributed by atoms with Crippen molar-refractivity contribution in [2.24, 2.45) is 17.6 Å². The number of carboxylic acid groups (broad SMARTS) is 3. The molecule has 0 aliphatic heterocycles. The number of thioether (sulfide) groups is 1. The average Bonchev–Trinajstić information content (AvgIpc) is 3.13. The van der Waals surface area contributed by atoms with E-state index >= 15 is 0 Å². The van der Waals surface area contributed by atoms with Gasteiger partial charge in [-0.15, -0.1) is 0 Å². The fourth-order valence-electron chi connectivity index (χ4n) is 4.72. The van der Waals surface area contributed by atoms with Crippen LogP contribution in [0.2, 0.25) is 0 Å². The van der Waals surface area contributed by atoms with Crippen LogP contribution in [0.25, 0.3) is 0 Å². The quantitative estimate of drug-likeness (QED) is 0.0368. The third-order valence-corrected chi connectivity index (χ3v) is 8.77. The van der Waals surface area contributed by atoms with Crippen molar-refractivity contribution in [3.8, 4) is 0 Å². The van der Waals surface area contributed by atoms with E-state index < -0.39 is 146 Å². The molecule has 0 spiro atoms. The SMILES string of the molecule is CC[C@H](C)[C@H](NC(=O)[C@H](CO)NC(=O)CN)C(=O)N[C@@H](CC(=O)O)C(=O)N[C@@H](CCSC)C(=O)N[C@H](C(=O)N[C@@H](CC(=O)O)C(=O)N[C@@H](CO)C(=O)O)C(C)C. The number of hydrogen-bond donors (Lipinski definition) is 13. The van der Waals surface area contributed by atoms with Gasteiger partial charge in [0.05, 0.1) is 32.6 Å². The fraction of sp³-hybridized carbons (Fsp3) is 0.688. The Hall–Kier alpha value is -5.07. The Morgan fingerprint density at radius 3 is 1.38 bits per heavy atom. The van der Waals surface area contributed by atoms with E-state index in [-0.39, 0.29) is 12.2 Å². The maximum Gasteiger partial charge on any atom is 0.328 e. The third kappa shape index (κ3) is 18.0. The second-order valence-electron chi connectivity index (χ2n) is 12.9. The molecule has 0 radical (unpaired) electrons. The lowest BCUT2D eigenvalue weighted by atomic mass is 9.97. The summed E-state index contributed by atoms with van der Waals surface area (Å²) >= 11 is 1.26. The molecule has 0 fully saturated rings. The normalized spacial score (nSPS) is 15.2. The Morgan fingerprint density at radius 2 is 0.982 bits per heavy atom. The Morgan fingerprint density at radius 1 is 0.571 bits per heavy atom. The highest BCUT2D eigenvalue weighted by molar-refractivity contribution is 7.98. The molecule has 0 saturated carbocycles. The van der Waals surface area contributed by atoms with Crippen LogP contribution in [0.4, 0.5) is 0 Å². The summed E-state index contributed by atoms with van der Waals surface area (Å²) in [6.45, 7) is 3.80. The van der Waals surface area contributed by atoms with E-state index in [1.54, 1.807) is 20.1 Å². The maximum absolute atomic E-state index is 13.6. The maximum atomic E-state index is 13.6. The first kappa shape index (κ1) is 50.9. The van der Waals surface area contributed by atoms with E-state index in [4.69, 9.17) is 10.8 Å². The summed E-state index contributed by atoms with van der Waals surface area (Å²) in [7, 11) is 0. The number of aliphatic hydroxyl groups excluding tert-OH is 2. The van der Waals surface area contributed by atoms with E-state index in [1.165, 1.54) is 25.6 Å². The zero-order chi connectivity index (χ0) is 43.3. The topological polar surface area (TPSA) is 382 Å². The van der Waals surface area contributed by atoms with Crippen molar-refractivity contribution < 1.29 is 73.5 Å². The predicted octanol–water partition coefficient (Wildman–Crippen LogP) is -5.19. The number of carboxylic acids is 3. The first-order valence-corrected chi connectivity index (χ1v) is 18.8. The minimum Gasteiger partial charge on any atom is -0.481 e. The lowest BCUT2D eigenvalue weighted by Crippen LogP contribution is -2.61. The van der Waals surface area contributed by atoms with Crippen LogP contribution in [-0.2, 0) is 47.9 Å². The molecular formula is C32H54N8O15S. The first-order chi connectivity index (χ1) is 26.2. The van der Waals surface area contributed by atoms with Crippen molar-refractivity contribution in [1.29, 1.82) is 0 Å². The van der Waals surface area contributed by atoms with Crippen LogP contribution in [0.1, 0.15) is 53.4 Å². The van der Waals surface area contributed by atoms with Gasteiger partial charge in [-0.25, -0.2) is 4.79 Å². The van der Waals surface area contributed by atoms with E-state index in [2.05, 4.69) is 31.9 Å². The van der Waals surface area contributed by atoms with Gasteiger partial charge in [0, 0.05) is 0 Å². The van der Waals surface area contributed by atoms with Crippen LogP contribution in [0.15, 0.2) is 0 Å². The smallest absolute Gasteiger partial charge is 0.328 e. The van der Waals surface area contributed by atoms with Crippen LogP contribution in [0.5, 0.6) is 0 Å². The summed E-state index contributed by atoms with van der Waals surface area (Å²) in [6, 6.07) is -11.3. The summed E-state index contributed by atoms with van der Waals surface area (Å²) in [5.74, 6) is -13.0. The molecular weight excluding hydrogens is 768 g/mol. The number of aliphatic hydroxyl groups is 2. The van der Waals surface area contributed by atoms with Gasteiger partial charge in [0.15, 0.2) is 0 Å². The fourth-order valence-corrected chi connectivity index (χ4v) is 5.19. The Balaban J connectivity index is 6.31. The van der Waals surface area contributed by atoms with Crippen molar-refractivity contribution in [1.82, 2.24) is 37.2 Å². The number of nitrogens with one attached hydrogen (secondary N) is 7. The minimum absolute atomic E-state index is 0.0800. The summed E-state index contributed by atoms with van der Waals surface area (Å²) in [4.78, 5) is 126. The molecule has 56 heavy (non-hydrogen) atoms. The Labute approximate surface area is 326 Å². The molecule has 24 heteroatoms. The van der Waals surface area contributed by atoms with Crippen molar-refractivity contribution in [2.45, 2.75) is 95.7 Å². The second-order valence-corrected chi connectivity index (χ2v) is 13.8. The zero-order valence-corrected chi connectivity index (χ0v) is 32.5. The molecule has 0 saturated heterocycles. The van der Waals surface area contributed by atoms with Gasteiger partial charge in [-0.1, -0.05) is 34.1 Å². The van der Waals surface area contributed by atoms with Crippen molar-refractivity contribution >= 4 is 71.0 Å². The molecule has 318 valence electrons. The molecule has 0 aromatic heterocycles. The largest absolute Gasteiger partial charge is 0.481 e. The van der Waals surface area contributed by atoms with Gasteiger partial charge in [0.1, 0.15) is 42.3 Å². The molecule has 0 heterocycles. The second kappa shape index (κ2) is 25.9. The molecule has 0 aliphatic rings. The molecule has 8 atom stereocenters. The van der Waals surface area contributed by atoms with Crippen molar-refractivity contribution in [3.05, 3.63) is 0 Å². The highest BCUT2D eigenvalue weighted by atomic mass is 32.2. The third-order valence-electron chi connectivity index (χ3n) is 8.12. The Kier molecular flexibility index (Phi) is 23.6. The van der Waals surface area contributed by atoms with Crippen LogP contribution >= 0.6 is 11.8 Å². The van der Waals surface area contributed by atoms with E-state index in [0.717, 1.165) is 0 Å². The summed E-state index contributed by atoms with van der Waals surface area (Å²) in [5.41, 5.74) is 5.24. The van der Waals surface area contributed by atoms with E-state index in [9.17, 15) is 68.4 Å². The molecule has 23 nitrogen and oxygen atoms in total. The van der Waals surface area contributed by atoms with Gasteiger partial charge in [0.2, 0.25) is 41.4 Å². The number of rotatable bonds is 27. The number of carbonyl (C=O) groups is 10. The molecule has 0 aliphatic carbocycles. The number of hydrogen-bond acceptors (Lipinski definition) is 14. The summed E-state index contributed by atoms with van der Waals surface area (Å²) < 4.78 is 0. The highest BCUT2D eigenvalue weighted by Gasteiger charge is 2.36. The molecule has 0 rings (SSSR count). The zero-order valence-electron chi connectivity index (χ0n) is 31.7. The summed E-state index contributed by atoms with van der Waals surface area (Å²) in [5, 5.41) is 62.5. The van der Waals surface area contributed by atoms with Crippen molar-refractivity contribution in [2.75, 3.05) is 31.8 Å². The van der Waals surface area contributed by atoms with Gasteiger partial charge < -0.3 is 68.5 Å². The Bertz CT molecular complexity index is 1420. The number of amides is 7. The van der Waals surface area contributed by atoms with Gasteiger partial charge in [0.25, 0.3) is 0 Å². The van der Waals surface area contributed by atoms with Crippen LogP contribution < -0.4 is 43.0 Å². The molecule has 0 aromatic carbocycles. The number of aliphatic carboxylic acids is 3. The molecule has 14 N–H and O–H groups in total. The lowest BCUT2D eigenvalue weighted by molar-refractivity contribution is -0.144. The molecule has 0 aromatic rings. The standard InChI is InChI=1S/C32H54N8O15S/c1-6-15(4)25(40-29(51)19(12-41)34-21(43)11-33)31(53)37-17(9-22(44)45)27(49)35-16(7-8-56-5)26(48)39-24(14(2)3)30(52)36-18(10-23(46)47)28(50)38-20(13-42)32(54)55/h14-20,24-25,41-42H,6-13,33H2,1-5H3,(H,34,43)(H,35,49)(H,36,52)(H,37,53)(H,38,50)(H,39,48)(H,40,51)(H,44,45)(H,46,47)(H,54,55)/t15-,16-,17-,18-,19-,20-,24-,25-/m0/s1. The lowest BCUT2D eigenvalue weighted by Gasteiger charge is -2.29. The molecule has 7 amide bonds. The first-order valence-electron chi connectivity index (χ1n) is 17.4. The minimum atomic E-state index is -1.85. The van der Waals surface area contributed by atoms with Gasteiger partial charge >= 0.3 is 17.9 Å². The van der Waals surface area contributed by atoms with Crippen LogP contribution in [-0.4, -0.2) is 159 Å². The number of carbonyl (C=O) groups excluding carboxylic acids is 7. The van der Waals surface area contributed by atoms with Gasteiger partial charge in [-0.3, -0.25) is 43.2 Å². The van der Waals surface area contributed by atoms with E-state index in [1.807, 2.05) is 5.32 Å². The monoisotopic (exact) mass is 822 g/mol. The van der Waals surface area contributed by atoms with Crippen molar-refractivity contribution in [3.63, 3.8) is 0 Å². The molecule has 0 unspecified atom stereocenters.